The molecule has 1 aromatic carbocycles. The van der Waals surface area contributed by atoms with E-state index >= 15 is 0 Å². The summed E-state index contributed by atoms with van der Waals surface area (Å²) in [6.45, 7) is 9.24. The summed E-state index contributed by atoms with van der Waals surface area (Å²) >= 11 is 6.05. The number of hydrogen-bond acceptors (Lipinski definition) is 2. The second kappa shape index (κ2) is 9.22. The summed E-state index contributed by atoms with van der Waals surface area (Å²) in [4.78, 5) is 0. The third-order valence-electron chi connectivity index (χ3n) is 2.95. The highest BCUT2D eigenvalue weighted by Crippen LogP contribution is 2.23. The van der Waals surface area contributed by atoms with Crippen molar-refractivity contribution in [1.82, 2.24) is 5.32 Å². The summed E-state index contributed by atoms with van der Waals surface area (Å²) in [7, 11) is 0. The van der Waals surface area contributed by atoms with Gasteiger partial charge in [-0.05, 0) is 49.9 Å². The lowest BCUT2D eigenvalue weighted by atomic mass is 10.1. The molecule has 0 atom stereocenters. The summed E-state index contributed by atoms with van der Waals surface area (Å²) in [6, 6.07) is 5.85. The zero-order valence-corrected chi connectivity index (χ0v) is 13.1. The molecule has 1 rings (SSSR count). The number of rotatable bonds is 9. The molecular weight excluding hydrogens is 258 g/mol. The van der Waals surface area contributed by atoms with Crippen molar-refractivity contribution in [3.63, 3.8) is 0 Å². The zero-order valence-electron chi connectivity index (χ0n) is 12.3. The standard InChI is InChI=1S/C16H26ClNO/c1-4-9-18-12-14-11-15(17)7-8-16(14)19-10-5-6-13(2)3/h7-8,11,13,18H,4-6,9-10,12H2,1-3H3. The van der Waals surface area contributed by atoms with Gasteiger partial charge < -0.3 is 10.1 Å². The Balaban J connectivity index is 2.50. The Morgan fingerprint density at radius 2 is 2.11 bits per heavy atom. The summed E-state index contributed by atoms with van der Waals surface area (Å²) < 4.78 is 5.87. The predicted octanol–water partition coefficient (Wildman–Crippen LogP) is 4.65. The van der Waals surface area contributed by atoms with E-state index in [-0.39, 0.29) is 0 Å². The molecule has 3 heteroatoms. The van der Waals surface area contributed by atoms with Gasteiger partial charge in [-0.1, -0.05) is 32.4 Å². The van der Waals surface area contributed by atoms with Crippen molar-refractivity contribution in [3.8, 4) is 5.75 Å². The Hall–Kier alpha value is -0.730. The summed E-state index contributed by atoms with van der Waals surface area (Å²) in [5, 5.41) is 4.16. The van der Waals surface area contributed by atoms with Gasteiger partial charge in [0, 0.05) is 17.1 Å². The van der Waals surface area contributed by atoms with E-state index in [4.69, 9.17) is 16.3 Å². The van der Waals surface area contributed by atoms with Gasteiger partial charge in [0.05, 0.1) is 6.61 Å². The molecule has 0 amide bonds. The molecule has 19 heavy (non-hydrogen) atoms. The monoisotopic (exact) mass is 283 g/mol. The van der Waals surface area contributed by atoms with E-state index in [0.717, 1.165) is 54.8 Å². The van der Waals surface area contributed by atoms with Gasteiger partial charge in [-0.15, -0.1) is 0 Å². The SMILES string of the molecule is CCCNCc1cc(Cl)ccc1OCCCC(C)C. The van der Waals surface area contributed by atoms with Crippen molar-refractivity contribution < 1.29 is 4.74 Å². The highest BCUT2D eigenvalue weighted by molar-refractivity contribution is 6.30. The van der Waals surface area contributed by atoms with Gasteiger partial charge in [-0.3, -0.25) is 0 Å². The van der Waals surface area contributed by atoms with Crippen LogP contribution in [0.2, 0.25) is 5.02 Å². The van der Waals surface area contributed by atoms with Crippen LogP contribution in [0.15, 0.2) is 18.2 Å². The number of ether oxygens (including phenoxy) is 1. The molecule has 0 aromatic heterocycles. The Kier molecular flexibility index (Phi) is 7.92. The molecule has 0 heterocycles. The van der Waals surface area contributed by atoms with Gasteiger partial charge in [0.25, 0.3) is 0 Å². The number of halogens is 1. The maximum Gasteiger partial charge on any atom is 0.123 e. The molecule has 2 nitrogen and oxygen atoms in total. The first-order valence-electron chi connectivity index (χ1n) is 7.25. The molecule has 108 valence electrons. The van der Waals surface area contributed by atoms with Crippen LogP contribution in [0, 0.1) is 5.92 Å². The molecule has 0 aliphatic heterocycles. The summed E-state index contributed by atoms with van der Waals surface area (Å²) in [5.41, 5.74) is 1.14. The second-order valence-electron chi connectivity index (χ2n) is 5.31. The van der Waals surface area contributed by atoms with E-state index in [2.05, 4.69) is 26.1 Å². The van der Waals surface area contributed by atoms with Crippen LogP contribution < -0.4 is 10.1 Å². The Labute approximate surface area is 122 Å². The van der Waals surface area contributed by atoms with Crippen LogP contribution >= 0.6 is 11.6 Å². The van der Waals surface area contributed by atoms with E-state index < -0.39 is 0 Å². The molecule has 0 radical (unpaired) electrons. The minimum Gasteiger partial charge on any atom is -0.493 e. The highest BCUT2D eigenvalue weighted by Gasteiger charge is 2.05. The topological polar surface area (TPSA) is 21.3 Å². The second-order valence-corrected chi connectivity index (χ2v) is 5.75. The van der Waals surface area contributed by atoms with Crippen molar-refractivity contribution in [2.45, 2.75) is 46.6 Å². The van der Waals surface area contributed by atoms with E-state index in [1.165, 1.54) is 6.42 Å². The summed E-state index contributed by atoms with van der Waals surface area (Å²) in [5.74, 6) is 1.69. The largest absolute Gasteiger partial charge is 0.493 e. The Morgan fingerprint density at radius 1 is 1.32 bits per heavy atom. The normalized spacial score (nSPS) is 11.0. The van der Waals surface area contributed by atoms with Crippen molar-refractivity contribution in [2.75, 3.05) is 13.2 Å². The lowest BCUT2D eigenvalue weighted by Gasteiger charge is -2.13. The molecule has 0 fully saturated rings. The van der Waals surface area contributed by atoms with Crippen LogP contribution in [0.4, 0.5) is 0 Å². The molecular formula is C16H26ClNO. The zero-order chi connectivity index (χ0) is 14.1. The van der Waals surface area contributed by atoms with Gasteiger partial charge in [-0.25, -0.2) is 0 Å². The fraction of sp³-hybridized carbons (Fsp3) is 0.625. The molecule has 0 aliphatic rings. The molecule has 0 saturated carbocycles. The first-order valence-corrected chi connectivity index (χ1v) is 7.63. The van der Waals surface area contributed by atoms with Crippen LogP contribution in [0.25, 0.3) is 0 Å². The lowest BCUT2D eigenvalue weighted by molar-refractivity contribution is 0.294. The van der Waals surface area contributed by atoms with Crippen LogP contribution in [-0.4, -0.2) is 13.2 Å². The van der Waals surface area contributed by atoms with E-state index in [9.17, 15) is 0 Å². The molecule has 0 aliphatic carbocycles. The molecule has 0 bridgehead atoms. The van der Waals surface area contributed by atoms with Crippen molar-refractivity contribution in [1.29, 1.82) is 0 Å². The van der Waals surface area contributed by atoms with Gasteiger partial charge in [0.2, 0.25) is 0 Å². The van der Waals surface area contributed by atoms with E-state index in [1.54, 1.807) is 0 Å². The average molecular weight is 284 g/mol. The van der Waals surface area contributed by atoms with Crippen LogP contribution in [0.3, 0.4) is 0 Å². The molecule has 0 unspecified atom stereocenters. The third-order valence-corrected chi connectivity index (χ3v) is 3.18. The van der Waals surface area contributed by atoms with Crippen LogP contribution in [0.5, 0.6) is 5.75 Å². The van der Waals surface area contributed by atoms with Crippen LogP contribution in [-0.2, 0) is 6.54 Å². The molecule has 0 saturated heterocycles. The quantitative estimate of drug-likeness (QED) is 0.666. The van der Waals surface area contributed by atoms with Gasteiger partial charge in [-0.2, -0.15) is 0 Å². The lowest BCUT2D eigenvalue weighted by Crippen LogP contribution is -2.15. The number of hydrogen-bond donors (Lipinski definition) is 1. The first kappa shape index (κ1) is 16.3. The highest BCUT2D eigenvalue weighted by atomic mass is 35.5. The van der Waals surface area contributed by atoms with Gasteiger partial charge >= 0.3 is 0 Å². The predicted molar refractivity (Wildman–Crippen MR) is 83.0 cm³/mol. The number of benzene rings is 1. The summed E-state index contributed by atoms with van der Waals surface area (Å²) in [6.07, 6.45) is 3.43. The smallest absolute Gasteiger partial charge is 0.123 e. The van der Waals surface area contributed by atoms with Crippen LogP contribution in [0.1, 0.15) is 45.6 Å². The first-order chi connectivity index (χ1) is 9.13. The van der Waals surface area contributed by atoms with Gasteiger partial charge in [0.1, 0.15) is 5.75 Å². The molecule has 1 aromatic rings. The van der Waals surface area contributed by atoms with Crippen molar-refractivity contribution >= 4 is 11.6 Å². The minimum absolute atomic E-state index is 0.736. The van der Waals surface area contributed by atoms with E-state index in [1.807, 2.05) is 18.2 Å². The average Bonchev–Trinajstić information content (AvgIpc) is 2.36. The Bertz CT molecular complexity index is 366. The third kappa shape index (κ3) is 6.84. The van der Waals surface area contributed by atoms with Gasteiger partial charge in [0.15, 0.2) is 0 Å². The number of nitrogens with one attached hydrogen (secondary N) is 1. The molecule has 1 N–H and O–H groups in total. The molecule has 0 spiro atoms. The minimum atomic E-state index is 0.736. The van der Waals surface area contributed by atoms with Crippen molar-refractivity contribution in [2.24, 2.45) is 5.92 Å². The Morgan fingerprint density at radius 3 is 2.79 bits per heavy atom. The fourth-order valence-corrected chi connectivity index (χ4v) is 2.10. The maximum atomic E-state index is 6.05. The maximum absolute atomic E-state index is 6.05. The van der Waals surface area contributed by atoms with E-state index in [0.29, 0.717) is 0 Å². The van der Waals surface area contributed by atoms with Crippen molar-refractivity contribution in [3.05, 3.63) is 28.8 Å². The fourth-order valence-electron chi connectivity index (χ4n) is 1.90.